The Kier molecular flexibility index (Phi) is 4.35. The molecule has 0 bridgehead atoms. The zero-order valence-electron chi connectivity index (χ0n) is 9.66. The average Bonchev–Trinajstić information content (AvgIpc) is 2.26. The third-order valence-electron chi connectivity index (χ3n) is 1.94. The Balaban J connectivity index is 2.65. The van der Waals surface area contributed by atoms with Crippen LogP contribution < -0.4 is 0 Å². The highest BCUT2D eigenvalue weighted by Gasteiger charge is 2.03. The molecule has 1 aromatic carbocycles. The SMILES string of the molecule is C=C(C)CN(C)C(=O)C#Cc1ccccc1. The summed E-state index contributed by atoms with van der Waals surface area (Å²) < 4.78 is 0. The molecule has 0 aliphatic rings. The van der Waals surface area contributed by atoms with Crippen LogP contribution >= 0.6 is 0 Å². The molecule has 1 amide bonds. The van der Waals surface area contributed by atoms with Gasteiger partial charge in [0.25, 0.3) is 5.91 Å². The van der Waals surface area contributed by atoms with E-state index in [0.29, 0.717) is 6.54 Å². The van der Waals surface area contributed by atoms with E-state index in [1.807, 2.05) is 37.3 Å². The summed E-state index contributed by atoms with van der Waals surface area (Å²) in [5.74, 6) is 5.24. The van der Waals surface area contributed by atoms with Gasteiger partial charge in [0.05, 0.1) is 0 Å². The number of rotatable bonds is 2. The number of carbonyl (C=O) groups excluding carboxylic acids is 1. The average molecular weight is 213 g/mol. The highest BCUT2D eigenvalue weighted by Crippen LogP contribution is 1.96. The van der Waals surface area contributed by atoms with E-state index in [9.17, 15) is 4.79 Å². The number of hydrogen-bond acceptors (Lipinski definition) is 1. The summed E-state index contributed by atoms with van der Waals surface area (Å²) in [6.45, 7) is 6.18. The molecule has 0 spiro atoms. The van der Waals surface area contributed by atoms with Crippen molar-refractivity contribution in [3.05, 3.63) is 48.0 Å². The van der Waals surface area contributed by atoms with Crippen LogP contribution in [-0.2, 0) is 4.79 Å². The molecular formula is C14H15NO. The maximum atomic E-state index is 11.6. The van der Waals surface area contributed by atoms with Gasteiger partial charge in [-0.15, -0.1) is 0 Å². The van der Waals surface area contributed by atoms with Gasteiger partial charge in [-0.1, -0.05) is 36.3 Å². The van der Waals surface area contributed by atoms with Crippen molar-refractivity contribution in [1.82, 2.24) is 4.90 Å². The first kappa shape index (κ1) is 12.1. The molecule has 1 aromatic rings. The zero-order valence-corrected chi connectivity index (χ0v) is 9.66. The van der Waals surface area contributed by atoms with Gasteiger partial charge in [0.2, 0.25) is 0 Å². The quantitative estimate of drug-likeness (QED) is 0.544. The van der Waals surface area contributed by atoms with Gasteiger partial charge in [-0.3, -0.25) is 4.79 Å². The smallest absolute Gasteiger partial charge is 0.298 e. The van der Waals surface area contributed by atoms with Crippen LogP contribution in [0, 0.1) is 11.8 Å². The van der Waals surface area contributed by atoms with Crippen molar-refractivity contribution in [2.24, 2.45) is 0 Å². The van der Waals surface area contributed by atoms with Crippen molar-refractivity contribution in [1.29, 1.82) is 0 Å². The number of benzene rings is 1. The Labute approximate surface area is 96.6 Å². The lowest BCUT2D eigenvalue weighted by atomic mass is 10.2. The fraction of sp³-hybridized carbons (Fsp3) is 0.214. The predicted molar refractivity (Wildman–Crippen MR) is 65.8 cm³/mol. The zero-order chi connectivity index (χ0) is 12.0. The minimum Gasteiger partial charge on any atom is -0.331 e. The molecule has 16 heavy (non-hydrogen) atoms. The van der Waals surface area contributed by atoms with Gasteiger partial charge in [0, 0.05) is 25.1 Å². The van der Waals surface area contributed by atoms with Crippen LogP contribution in [0.25, 0.3) is 0 Å². The molecule has 0 heterocycles. The Hall–Kier alpha value is -2.01. The molecule has 82 valence electrons. The number of carbonyl (C=O) groups is 1. The van der Waals surface area contributed by atoms with Gasteiger partial charge in [0.15, 0.2) is 0 Å². The van der Waals surface area contributed by atoms with E-state index < -0.39 is 0 Å². The first-order valence-corrected chi connectivity index (χ1v) is 5.06. The number of amides is 1. The fourth-order valence-corrected chi connectivity index (χ4v) is 1.22. The van der Waals surface area contributed by atoms with E-state index in [1.165, 1.54) is 0 Å². The lowest BCUT2D eigenvalue weighted by molar-refractivity contribution is -0.123. The standard InChI is InChI=1S/C14H15NO/c1-12(2)11-15(3)14(16)10-9-13-7-5-4-6-8-13/h4-8H,1,11H2,2-3H3. The first-order chi connectivity index (χ1) is 7.59. The largest absolute Gasteiger partial charge is 0.331 e. The number of hydrogen-bond donors (Lipinski definition) is 0. The molecule has 0 saturated carbocycles. The monoisotopic (exact) mass is 213 g/mol. The van der Waals surface area contributed by atoms with E-state index >= 15 is 0 Å². The lowest BCUT2D eigenvalue weighted by Crippen LogP contribution is -2.26. The molecule has 2 nitrogen and oxygen atoms in total. The van der Waals surface area contributed by atoms with Crippen LogP contribution in [0.1, 0.15) is 12.5 Å². The predicted octanol–water partition coefficient (Wildman–Crippen LogP) is 2.07. The molecule has 0 fully saturated rings. The van der Waals surface area contributed by atoms with E-state index in [-0.39, 0.29) is 5.91 Å². The number of likely N-dealkylation sites (N-methyl/N-ethyl adjacent to an activating group) is 1. The Morgan fingerprint density at radius 3 is 2.56 bits per heavy atom. The highest BCUT2D eigenvalue weighted by atomic mass is 16.2. The normalized spacial score (nSPS) is 8.88. The third kappa shape index (κ3) is 4.02. The molecule has 0 radical (unpaired) electrons. The van der Waals surface area contributed by atoms with Gasteiger partial charge < -0.3 is 4.90 Å². The molecule has 0 N–H and O–H groups in total. The fourth-order valence-electron chi connectivity index (χ4n) is 1.22. The molecule has 0 aromatic heterocycles. The molecule has 0 unspecified atom stereocenters. The molecule has 1 rings (SSSR count). The highest BCUT2D eigenvalue weighted by molar-refractivity contribution is 5.94. The summed E-state index contributed by atoms with van der Waals surface area (Å²) in [5, 5.41) is 0. The second-order valence-corrected chi connectivity index (χ2v) is 3.73. The van der Waals surface area contributed by atoms with E-state index in [4.69, 9.17) is 0 Å². The van der Waals surface area contributed by atoms with Crippen molar-refractivity contribution in [3.63, 3.8) is 0 Å². The van der Waals surface area contributed by atoms with Gasteiger partial charge in [-0.05, 0) is 19.1 Å². The number of nitrogens with zero attached hydrogens (tertiary/aromatic N) is 1. The maximum absolute atomic E-state index is 11.6. The minimum absolute atomic E-state index is 0.188. The summed E-state index contributed by atoms with van der Waals surface area (Å²) in [5.41, 5.74) is 1.79. The molecule has 0 aliphatic carbocycles. The van der Waals surface area contributed by atoms with Crippen molar-refractivity contribution in [2.45, 2.75) is 6.92 Å². The van der Waals surface area contributed by atoms with Crippen molar-refractivity contribution in [2.75, 3.05) is 13.6 Å². The summed E-state index contributed by atoms with van der Waals surface area (Å²) in [4.78, 5) is 13.1. The van der Waals surface area contributed by atoms with Crippen LogP contribution in [0.2, 0.25) is 0 Å². The van der Waals surface area contributed by atoms with E-state index in [1.54, 1.807) is 11.9 Å². The first-order valence-electron chi connectivity index (χ1n) is 5.06. The Morgan fingerprint density at radius 1 is 1.38 bits per heavy atom. The molecular weight excluding hydrogens is 198 g/mol. The van der Waals surface area contributed by atoms with Crippen LogP contribution in [0.15, 0.2) is 42.5 Å². The van der Waals surface area contributed by atoms with E-state index in [2.05, 4.69) is 18.4 Å². The Bertz CT molecular complexity index is 437. The maximum Gasteiger partial charge on any atom is 0.298 e. The van der Waals surface area contributed by atoms with Gasteiger partial charge in [0.1, 0.15) is 0 Å². The summed E-state index contributed by atoms with van der Waals surface area (Å²) >= 11 is 0. The Morgan fingerprint density at radius 2 is 2.00 bits per heavy atom. The van der Waals surface area contributed by atoms with Gasteiger partial charge in [-0.2, -0.15) is 0 Å². The summed E-state index contributed by atoms with van der Waals surface area (Å²) in [6.07, 6.45) is 0. The van der Waals surface area contributed by atoms with Crippen molar-refractivity contribution < 1.29 is 4.79 Å². The van der Waals surface area contributed by atoms with E-state index in [0.717, 1.165) is 11.1 Å². The van der Waals surface area contributed by atoms with Crippen LogP contribution in [-0.4, -0.2) is 24.4 Å². The van der Waals surface area contributed by atoms with Gasteiger partial charge in [-0.25, -0.2) is 0 Å². The summed E-state index contributed by atoms with van der Waals surface area (Å²) in [6, 6.07) is 9.45. The van der Waals surface area contributed by atoms with Crippen LogP contribution in [0.3, 0.4) is 0 Å². The lowest BCUT2D eigenvalue weighted by Gasteiger charge is -2.12. The third-order valence-corrected chi connectivity index (χ3v) is 1.94. The van der Waals surface area contributed by atoms with Crippen LogP contribution in [0.5, 0.6) is 0 Å². The van der Waals surface area contributed by atoms with Crippen molar-refractivity contribution in [3.8, 4) is 11.8 Å². The van der Waals surface area contributed by atoms with Crippen molar-refractivity contribution >= 4 is 5.91 Å². The molecule has 0 atom stereocenters. The molecule has 0 aliphatic heterocycles. The molecule has 2 heteroatoms. The minimum atomic E-state index is -0.188. The second kappa shape index (κ2) is 5.77. The van der Waals surface area contributed by atoms with Crippen LogP contribution in [0.4, 0.5) is 0 Å². The summed E-state index contributed by atoms with van der Waals surface area (Å²) in [7, 11) is 1.72. The molecule has 0 saturated heterocycles. The topological polar surface area (TPSA) is 20.3 Å². The second-order valence-electron chi connectivity index (χ2n) is 3.73. The van der Waals surface area contributed by atoms with Gasteiger partial charge >= 0.3 is 0 Å².